The van der Waals surface area contributed by atoms with Crippen LogP contribution in [0.15, 0.2) is 54.6 Å². The van der Waals surface area contributed by atoms with Crippen molar-refractivity contribution in [3.8, 4) is 11.1 Å². The molecule has 4 heteroatoms. The Labute approximate surface area is 168 Å². The van der Waals surface area contributed by atoms with Gasteiger partial charge in [-0.15, -0.1) is 12.4 Å². The molecular weight excluding hydrogens is 356 g/mol. The summed E-state index contributed by atoms with van der Waals surface area (Å²) in [5, 5.41) is 3.41. The fraction of sp³-hybridized carbons (Fsp3) is 0.435. The van der Waals surface area contributed by atoms with E-state index in [4.69, 9.17) is 0 Å². The van der Waals surface area contributed by atoms with Crippen molar-refractivity contribution in [1.29, 1.82) is 0 Å². The van der Waals surface area contributed by atoms with Gasteiger partial charge >= 0.3 is 0 Å². The first kappa shape index (κ1) is 19.9. The third kappa shape index (κ3) is 3.90. The number of carbonyl (C=O) groups is 1. The van der Waals surface area contributed by atoms with Gasteiger partial charge in [-0.25, -0.2) is 0 Å². The van der Waals surface area contributed by atoms with E-state index in [2.05, 4.69) is 60.8 Å². The second kappa shape index (κ2) is 8.04. The Hall–Kier alpha value is -1.84. The van der Waals surface area contributed by atoms with E-state index in [9.17, 15) is 4.79 Å². The van der Waals surface area contributed by atoms with Crippen LogP contribution in [-0.2, 0) is 4.79 Å². The molecule has 1 saturated heterocycles. The number of hydrogen-bond donors (Lipinski definition) is 1. The number of rotatable bonds is 4. The van der Waals surface area contributed by atoms with E-state index in [0.29, 0.717) is 11.3 Å². The summed E-state index contributed by atoms with van der Waals surface area (Å²) in [4.78, 5) is 14.9. The van der Waals surface area contributed by atoms with Gasteiger partial charge in [0.25, 0.3) is 0 Å². The minimum absolute atomic E-state index is 0. The topological polar surface area (TPSA) is 32.3 Å². The van der Waals surface area contributed by atoms with E-state index in [-0.39, 0.29) is 24.4 Å². The predicted molar refractivity (Wildman–Crippen MR) is 113 cm³/mol. The number of carbonyl (C=O) groups excluding carboxylic acids is 1. The molecule has 0 bridgehead atoms. The lowest BCUT2D eigenvalue weighted by atomic mass is 9.91. The summed E-state index contributed by atoms with van der Waals surface area (Å²) >= 11 is 0. The molecule has 0 radical (unpaired) electrons. The van der Waals surface area contributed by atoms with E-state index >= 15 is 0 Å². The number of benzene rings is 2. The highest BCUT2D eigenvalue weighted by Gasteiger charge is 2.58. The molecule has 1 saturated carbocycles. The second-order valence-corrected chi connectivity index (χ2v) is 7.98. The molecule has 4 rings (SSSR count). The third-order valence-electron chi connectivity index (χ3n) is 6.52. The maximum atomic E-state index is 13.0. The molecule has 3 nitrogen and oxygen atoms in total. The molecule has 2 aliphatic rings. The van der Waals surface area contributed by atoms with Crippen molar-refractivity contribution in [3.63, 3.8) is 0 Å². The summed E-state index contributed by atoms with van der Waals surface area (Å²) in [6, 6.07) is 19.1. The number of amides is 1. The average Bonchev–Trinajstić information content (AvgIpc) is 3.40. The molecule has 2 fully saturated rings. The predicted octanol–water partition coefficient (Wildman–Crippen LogP) is 4.68. The Kier molecular flexibility index (Phi) is 5.92. The Bertz CT molecular complexity index is 769. The first-order valence-electron chi connectivity index (χ1n) is 9.73. The first-order chi connectivity index (χ1) is 12.6. The van der Waals surface area contributed by atoms with Crippen LogP contribution in [0.1, 0.15) is 37.8 Å². The molecule has 1 aliphatic heterocycles. The SMILES string of the molecule is CC(c1ccc(-c2ccccc2)cc1)N(C)C(=O)C1CC12CCNCC2.Cl. The number of hydrogen-bond acceptors (Lipinski definition) is 2. The first-order valence-corrected chi connectivity index (χ1v) is 9.73. The van der Waals surface area contributed by atoms with Crippen LogP contribution in [0.25, 0.3) is 11.1 Å². The van der Waals surface area contributed by atoms with Crippen molar-refractivity contribution in [2.45, 2.75) is 32.2 Å². The van der Waals surface area contributed by atoms with Gasteiger partial charge in [-0.3, -0.25) is 4.79 Å². The standard InChI is InChI=1S/C23H28N2O.ClH/c1-17(18-8-10-20(11-9-18)19-6-4-3-5-7-19)25(2)22(26)21-16-23(21)12-14-24-15-13-23;/h3-11,17,21,24H,12-16H2,1-2H3;1H. The molecule has 144 valence electrons. The normalized spacial score (nSPS) is 21.2. The molecule has 1 N–H and O–H groups in total. The summed E-state index contributed by atoms with van der Waals surface area (Å²) in [6.07, 6.45) is 3.38. The van der Waals surface area contributed by atoms with Crippen LogP contribution in [0.3, 0.4) is 0 Å². The zero-order valence-electron chi connectivity index (χ0n) is 16.2. The van der Waals surface area contributed by atoms with Crippen LogP contribution >= 0.6 is 12.4 Å². The fourth-order valence-electron chi connectivity index (χ4n) is 4.42. The fourth-order valence-corrected chi connectivity index (χ4v) is 4.42. The summed E-state index contributed by atoms with van der Waals surface area (Å²) in [7, 11) is 1.96. The van der Waals surface area contributed by atoms with Gasteiger partial charge in [-0.1, -0.05) is 54.6 Å². The molecule has 1 spiro atoms. The molecule has 1 heterocycles. The zero-order chi connectivity index (χ0) is 18.1. The summed E-state index contributed by atoms with van der Waals surface area (Å²) in [6.45, 7) is 4.25. The molecule has 2 unspecified atom stereocenters. The minimum Gasteiger partial charge on any atom is -0.339 e. The number of halogens is 1. The molecule has 27 heavy (non-hydrogen) atoms. The lowest BCUT2D eigenvalue weighted by Crippen LogP contribution is -2.35. The zero-order valence-corrected chi connectivity index (χ0v) is 17.0. The molecule has 0 aromatic heterocycles. The Balaban J connectivity index is 0.00000210. The van der Waals surface area contributed by atoms with Crippen LogP contribution in [0, 0.1) is 11.3 Å². The summed E-state index contributed by atoms with van der Waals surface area (Å²) in [5.74, 6) is 0.562. The van der Waals surface area contributed by atoms with Gasteiger partial charge < -0.3 is 10.2 Å². The lowest BCUT2D eigenvalue weighted by Gasteiger charge is -2.28. The van der Waals surface area contributed by atoms with Gasteiger partial charge in [0.05, 0.1) is 6.04 Å². The van der Waals surface area contributed by atoms with Crippen molar-refractivity contribution < 1.29 is 4.79 Å². The van der Waals surface area contributed by atoms with E-state index in [1.54, 1.807) is 0 Å². The second-order valence-electron chi connectivity index (χ2n) is 7.98. The van der Waals surface area contributed by atoms with Gasteiger partial charge in [-0.05, 0) is 61.4 Å². The minimum atomic E-state index is 0. The lowest BCUT2D eigenvalue weighted by molar-refractivity contribution is -0.134. The highest BCUT2D eigenvalue weighted by atomic mass is 35.5. The van der Waals surface area contributed by atoms with E-state index < -0.39 is 0 Å². The van der Waals surface area contributed by atoms with Crippen molar-refractivity contribution in [2.24, 2.45) is 11.3 Å². The Morgan fingerprint density at radius 3 is 2.26 bits per heavy atom. The van der Waals surface area contributed by atoms with Crippen LogP contribution in [0.4, 0.5) is 0 Å². The highest BCUT2D eigenvalue weighted by Crippen LogP contribution is 2.59. The van der Waals surface area contributed by atoms with E-state index in [1.165, 1.54) is 16.7 Å². The molecule has 1 amide bonds. The van der Waals surface area contributed by atoms with Gasteiger partial charge in [0.1, 0.15) is 0 Å². The van der Waals surface area contributed by atoms with Crippen molar-refractivity contribution in [2.75, 3.05) is 20.1 Å². The smallest absolute Gasteiger partial charge is 0.226 e. The monoisotopic (exact) mass is 384 g/mol. The average molecular weight is 385 g/mol. The van der Waals surface area contributed by atoms with Crippen molar-refractivity contribution in [1.82, 2.24) is 10.2 Å². The maximum Gasteiger partial charge on any atom is 0.226 e. The quantitative estimate of drug-likeness (QED) is 0.829. The van der Waals surface area contributed by atoms with Crippen molar-refractivity contribution >= 4 is 18.3 Å². The van der Waals surface area contributed by atoms with Gasteiger partial charge in [0.2, 0.25) is 5.91 Å². The molecule has 2 atom stereocenters. The number of piperidine rings is 1. The highest BCUT2D eigenvalue weighted by molar-refractivity contribution is 5.85. The van der Waals surface area contributed by atoms with Gasteiger partial charge in [0.15, 0.2) is 0 Å². The van der Waals surface area contributed by atoms with Crippen molar-refractivity contribution in [3.05, 3.63) is 60.2 Å². The molecular formula is C23H29ClN2O. The number of nitrogens with zero attached hydrogens (tertiary/aromatic N) is 1. The number of nitrogens with one attached hydrogen (secondary N) is 1. The van der Waals surface area contributed by atoms with Crippen LogP contribution in [-0.4, -0.2) is 30.9 Å². The van der Waals surface area contributed by atoms with Crippen LogP contribution < -0.4 is 5.32 Å². The van der Waals surface area contributed by atoms with E-state index in [1.807, 2.05) is 18.0 Å². The Morgan fingerprint density at radius 1 is 1.04 bits per heavy atom. The van der Waals surface area contributed by atoms with E-state index in [0.717, 1.165) is 32.4 Å². The maximum absolute atomic E-state index is 13.0. The Morgan fingerprint density at radius 2 is 1.63 bits per heavy atom. The third-order valence-corrected chi connectivity index (χ3v) is 6.52. The van der Waals surface area contributed by atoms with Crippen LogP contribution in [0.5, 0.6) is 0 Å². The van der Waals surface area contributed by atoms with Gasteiger partial charge in [-0.2, -0.15) is 0 Å². The molecule has 1 aliphatic carbocycles. The molecule has 2 aromatic rings. The summed E-state index contributed by atoms with van der Waals surface area (Å²) < 4.78 is 0. The summed E-state index contributed by atoms with van der Waals surface area (Å²) in [5.41, 5.74) is 3.93. The molecule has 2 aromatic carbocycles. The largest absolute Gasteiger partial charge is 0.339 e. The van der Waals surface area contributed by atoms with Crippen LogP contribution in [0.2, 0.25) is 0 Å². The van der Waals surface area contributed by atoms with Gasteiger partial charge in [0, 0.05) is 13.0 Å².